The summed E-state index contributed by atoms with van der Waals surface area (Å²) in [6, 6.07) is 5.56. The minimum Gasteiger partial charge on any atom is -0.508 e. The molecular formula is C13H18N2O5. The molecule has 110 valence electrons. The molecule has 0 radical (unpaired) electrons. The maximum atomic E-state index is 11.7. The predicted molar refractivity (Wildman–Crippen MR) is 71.1 cm³/mol. The molecule has 1 unspecified atom stereocenters. The number of rotatable bonds is 7. The number of amides is 1. The number of hydrogen-bond donors (Lipinski definition) is 5. The molecule has 0 aromatic heterocycles. The molecule has 20 heavy (non-hydrogen) atoms. The summed E-state index contributed by atoms with van der Waals surface area (Å²) >= 11 is 0. The SMILES string of the molecule is N[C@H](Cc1ccc(O)cc1)C(=O)NCCC(O)C(=O)O. The molecule has 0 fully saturated rings. The van der Waals surface area contributed by atoms with Crippen LogP contribution in [0.3, 0.4) is 0 Å². The first kappa shape index (κ1) is 15.9. The van der Waals surface area contributed by atoms with Crippen LogP contribution in [0.5, 0.6) is 5.75 Å². The minimum absolute atomic E-state index is 0.0373. The Hall–Kier alpha value is -2.12. The van der Waals surface area contributed by atoms with Crippen molar-refractivity contribution in [2.24, 2.45) is 5.73 Å². The number of phenolic OH excluding ortho intramolecular Hbond substituents is 1. The molecule has 0 aliphatic rings. The summed E-state index contributed by atoms with van der Waals surface area (Å²) in [4.78, 5) is 22.0. The molecule has 0 saturated heterocycles. The van der Waals surface area contributed by atoms with Gasteiger partial charge in [-0.25, -0.2) is 4.79 Å². The number of hydrogen-bond acceptors (Lipinski definition) is 5. The van der Waals surface area contributed by atoms with Crippen LogP contribution in [0.4, 0.5) is 0 Å². The maximum absolute atomic E-state index is 11.7. The molecule has 1 aromatic rings. The Bertz CT molecular complexity index is 460. The Labute approximate surface area is 116 Å². The quantitative estimate of drug-likeness (QED) is 0.445. The number of aliphatic hydroxyl groups excluding tert-OH is 1. The lowest BCUT2D eigenvalue weighted by molar-refractivity contribution is -0.147. The Morgan fingerprint density at radius 3 is 2.40 bits per heavy atom. The monoisotopic (exact) mass is 282 g/mol. The lowest BCUT2D eigenvalue weighted by Gasteiger charge is -2.13. The van der Waals surface area contributed by atoms with Crippen LogP contribution in [0.2, 0.25) is 0 Å². The Morgan fingerprint density at radius 1 is 1.25 bits per heavy atom. The lowest BCUT2D eigenvalue weighted by Crippen LogP contribution is -2.43. The van der Waals surface area contributed by atoms with Crippen LogP contribution in [-0.2, 0) is 16.0 Å². The van der Waals surface area contributed by atoms with Crippen molar-refractivity contribution in [2.75, 3.05) is 6.54 Å². The fourth-order valence-electron chi connectivity index (χ4n) is 1.57. The molecule has 0 saturated carbocycles. The highest BCUT2D eigenvalue weighted by Gasteiger charge is 2.16. The second-order valence-electron chi connectivity index (χ2n) is 4.41. The van der Waals surface area contributed by atoms with E-state index in [2.05, 4.69) is 5.32 Å². The van der Waals surface area contributed by atoms with Gasteiger partial charge in [-0.2, -0.15) is 0 Å². The van der Waals surface area contributed by atoms with E-state index in [0.29, 0.717) is 6.42 Å². The van der Waals surface area contributed by atoms with Gasteiger partial charge in [-0.05, 0) is 24.1 Å². The van der Waals surface area contributed by atoms with Gasteiger partial charge in [-0.1, -0.05) is 12.1 Å². The van der Waals surface area contributed by atoms with Crippen molar-refractivity contribution in [2.45, 2.75) is 25.0 Å². The van der Waals surface area contributed by atoms with Gasteiger partial charge < -0.3 is 26.4 Å². The first-order chi connectivity index (χ1) is 9.40. The summed E-state index contributed by atoms with van der Waals surface area (Å²) in [6.45, 7) is 0.0373. The number of carboxylic acids is 1. The summed E-state index contributed by atoms with van der Waals surface area (Å²) in [5, 5.41) is 29.1. The van der Waals surface area contributed by atoms with Crippen molar-refractivity contribution in [3.8, 4) is 5.75 Å². The number of aliphatic hydroxyl groups is 1. The smallest absolute Gasteiger partial charge is 0.332 e. The van der Waals surface area contributed by atoms with E-state index in [-0.39, 0.29) is 18.7 Å². The zero-order chi connectivity index (χ0) is 15.1. The van der Waals surface area contributed by atoms with Crippen LogP contribution < -0.4 is 11.1 Å². The van der Waals surface area contributed by atoms with Crippen molar-refractivity contribution < 1.29 is 24.9 Å². The fraction of sp³-hybridized carbons (Fsp3) is 0.385. The van der Waals surface area contributed by atoms with E-state index in [1.54, 1.807) is 12.1 Å². The molecule has 7 heteroatoms. The van der Waals surface area contributed by atoms with Gasteiger partial charge in [0.15, 0.2) is 6.10 Å². The highest BCUT2D eigenvalue weighted by Crippen LogP contribution is 2.10. The van der Waals surface area contributed by atoms with Crippen LogP contribution in [0.1, 0.15) is 12.0 Å². The molecule has 0 aliphatic carbocycles. The normalized spacial score (nSPS) is 13.5. The zero-order valence-corrected chi connectivity index (χ0v) is 10.8. The number of carbonyl (C=O) groups excluding carboxylic acids is 1. The highest BCUT2D eigenvalue weighted by molar-refractivity contribution is 5.81. The summed E-state index contributed by atoms with van der Waals surface area (Å²) < 4.78 is 0. The molecule has 7 nitrogen and oxygen atoms in total. The van der Waals surface area contributed by atoms with E-state index in [0.717, 1.165) is 5.56 Å². The van der Waals surface area contributed by atoms with Crippen molar-refractivity contribution in [1.82, 2.24) is 5.32 Å². The van der Waals surface area contributed by atoms with E-state index in [4.69, 9.17) is 21.1 Å². The molecule has 1 amide bonds. The third-order valence-electron chi connectivity index (χ3n) is 2.73. The summed E-state index contributed by atoms with van der Waals surface area (Å²) in [6.07, 6.45) is -1.27. The fourth-order valence-corrected chi connectivity index (χ4v) is 1.57. The molecule has 1 aromatic carbocycles. The molecule has 0 bridgehead atoms. The second kappa shape index (κ2) is 7.46. The van der Waals surface area contributed by atoms with E-state index in [1.807, 2.05) is 0 Å². The molecule has 2 atom stereocenters. The average Bonchev–Trinajstić information content (AvgIpc) is 2.40. The molecule has 0 heterocycles. The number of phenols is 1. The topological polar surface area (TPSA) is 133 Å². The Kier molecular flexibility index (Phi) is 5.95. The van der Waals surface area contributed by atoms with Gasteiger partial charge >= 0.3 is 5.97 Å². The predicted octanol–water partition coefficient (Wildman–Crippen LogP) is -0.786. The van der Waals surface area contributed by atoms with Crippen molar-refractivity contribution >= 4 is 11.9 Å². The van der Waals surface area contributed by atoms with Crippen LogP contribution in [-0.4, -0.2) is 45.9 Å². The van der Waals surface area contributed by atoms with Gasteiger partial charge in [-0.15, -0.1) is 0 Å². The van der Waals surface area contributed by atoms with Gasteiger partial charge in [0.1, 0.15) is 5.75 Å². The van der Waals surface area contributed by atoms with Crippen LogP contribution in [0.25, 0.3) is 0 Å². The van der Waals surface area contributed by atoms with E-state index in [9.17, 15) is 9.59 Å². The van der Waals surface area contributed by atoms with Gasteiger partial charge in [0.25, 0.3) is 0 Å². The maximum Gasteiger partial charge on any atom is 0.332 e. The van der Waals surface area contributed by atoms with Crippen molar-refractivity contribution in [1.29, 1.82) is 0 Å². The molecule has 0 aliphatic heterocycles. The van der Waals surface area contributed by atoms with Crippen molar-refractivity contribution in [3.05, 3.63) is 29.8 Å². The number of aliphatic carboxylic acids is 1. The third-order valence-corrected chi connectivity index (χ3v) is 2.73. The molecular weight excluding hydrogens is 264 g/mol. The largest absolute Gasteiger partial charge is 0.508 e. The number of aromatic hydroxyl groups is 1. The van der Waals surface area contributed by atoms with Gasteiger partial charge in [0.05, 0.1) is 6.04 Å². The number of carboxylic acid groups (broad SMARTS) is 1. The summed E-state index contributed by atoms with van der Waals surface area (Å²) in [7, 11) is 0. The Morgan fingerprint density at radius 2 is 1.85 bits per heavy atom. The van der Waals surface area contributed by atoms with Crippen LogP contribution in [0, 0.1) is 0 Å². The zero-order valence-electron chi connectivity index (χ0n) is 10.8. The average molecular weight is 282 g/mol. The highest BCUT2D eigenvalue weighted by atomic mass is 16.4. The first-order valence-corrected chi connectivity index (χ1v) is 6.12. The van der Waals surface area contributed by atoms with Crippen LogP contribution in [0.15, 0.2) is 24.3 Å². The van der Waals surface area contributed by atoms with Crippen molar-refractivity contribution in [3.63, 3.8) is 0 Å². The Balaban J connectivity index is 2.35. The number of benzene rings is 1. The first-order valence-electron chi connectivity index (χ1n) is 6.12. The van der Waals surface area contributed by atoms with Gasteiger partial charge in [-0.3, -0.25) is 4.79 Å². The minimum atomic E-state index is -1.50. The standard InChI is InChI=1S/C13H18N2O5/c14-10(7-8-1-3-9(16)4-2-8)12(18)15-6-5-11(17)13(19)20/h1-4,10-11,16-17H,5-7,14H2,(H,15,18)(H,19,20)/t10-,11?/m1/s1. The van der Waals surface area contributed by atoms with E-state index >= 15 is 0 Å². The lowest BCUT2D eigenvalue weighted by atomic mass is 10.1. The molecule has 0 spiro atoms. The molecule has 1 rings (SSSR count). The number of nitrogens with one attached hydrogen (secondary N) is 1. The second-order valence-corrected chi connectivity index (χ2v) is 4.41. The van der Waals surface area contributed by atoms with E-state index < -0.39 is 24.0 Å². The molecule has 6 N–H and O–H groups in total. The van der Waals surface area contributed by atoms with Gasteiger partial charge in [0.2, 0.25) is 5.91 Å². The van der Waals surface area contributed by atoms with E-state index in [1.165, 1.54) is 12.1 Å². The third kappa shape index (κ3) is 5.25. The van der Waals surface area contributed by atoms with Gasteiger partial charge in [0, 0.05) is 13.0 Å². The summed E-state index contributed by atoms with van der Waals surface area (Å²) in [5.41, 5.74) is 6.51. The number of carbonyl (C=O) groups is 2. The van der Waals surface area contributed by atoms with Crippen LogP contribution >= 0.6 is 0 Å². The summed E-state index contributed by atoms with van der Waals surface area (Å²) in [5.74, 6) is -1.61. The number of nitrogens with two attached hydrogens (primary N) is 1.